The van der Waals surface area contributed by atoms with E-state index in [4.69, 9.17) is 4.74 Å². The molecule has 1 amide bonds. The maximum absolute atomic E-state index is 11.9. The first-order valence-electron chi connectivity index (χ1n) is 5.47. The van der Waals surface area contributed by atoms with Gasteiger partial charge in [-0.25, -0.2) is 0 Å². The highest BCUT2D eigenvalue weighted by atomic mass is 16.5. The van der Waals surface area contributed by atoms with Crippen LogP contribution in [0.3, 0.4) is 0 Å². The van der Waals surface area contributed by atoms with Gasteiger partial charge in [-0.05, 0) is 12.3 Å². The molecule has 16 heavy (non-hydrogen) atoms. The lowest BCUT2D eigenvalue weighted by Crippen LogP contribution is -2.51. The molecule has 1 atom stereocenters. The van der Waals surface area contributed by atoms with Crippen molar-refractivity contribution in [1.29, 1.82) is 0 Å². The summed E-state index contributed by atoms with van der Waals surface area (Å²) in [6, 6.07) is -0.276. The Morgan fingerprint density at radius 3 is 2.38 bits per heavy atom. The maximum Gasteiger partial charge on any atom is 0.243 e. The van der Waals surface area contributed by atoms with E-state index in [9.17, 15) is 4.79 Å². The zero-order valence-electron chi connectivity index (χ0n) is 11.0. The number of nitrogens with one attached hydrogen (secondary N) is 2. The second kappa shape index (κ2) is 6.53. The van der Waals surface area contributed by atoms with Crippen LogP contribution in [0.5, 0.6) is 0 Å². The van der Waals surface area contributed by atoms with Crippen LogP contribution in [0.1, 0.15) is 27.7 Å². The Hall–Kier alpha value is -1.03. The van der Waals surface area contributed by atoms with E-state index in [-0.39, 0.29) is 17.4 Å². The summed E-state index contributed by atoms with van der Waals surface area (Å²) in [5.41, 5.74) is 0.637. The molecular weight excluding hydrogens is 204 g/mol. The first-order valence-corrected chi connectivity index (χ1v) is 5.47. The van der Waals surface area contributed by atoms with Crippen molar-refractivity contribution in [1.82, 2.24) is 10.6 Å². The maximum atomic E-state index is 11.9. The Kier molecular flexibility index (Phi) is 6.11. The van der Waals surface area contributed by atoms with Gasteiger partial charge in [0.05, 0.1) is 6.61 Å². The van der Waals surface area contributed by atoms with Crippen LogP contribution in [0.15, 0.2) is 12.3 Å². The van der Waals surface area contributed by atoms with Gasteiger partial charge in [-0.2, -0.15) is 0 Å². The molecular formula is C12H24N2O2. The van der Waals surface area contributed by atoms with E-state index in [2.05, 4.69) is 17.2 Å². The monoisotopic (exact) mass is 228 g/mol. The highest BCUT2D eigenvalue weighted by molar-refractivity contribution is 5.82. The quantitative estimate of drug-likeness (QED) is 0.673. The number of amides is 1. The Bertz CT molecular complexity index is 244. The first kappa shape index (κ1) is 15.0. The van der Waals surface area contributed by atoms with E-state index in [0.29, 0.717) is 13.2 Å². The first-order chi connectivity index (χ1) is 7.29. The van der Waals surface area contributed by atoms with Gasteiger partial charge in [-0.3, -0.25) is 4.79 Å². The van der Waals surface area contributed by atoms with E-state index in [1.807, 2.05) is 27.7 Å². The highest BCUT2D eigenvalue weighted by Crippen LogP contribution is 2.20. The van der Waals surface area contributed by atoms with Gasteiger partial charge in [-0.1, -0.05) is 27.4 Å². The van der Waals surface area contributed by atoms with E-state index in [0.717, 1.165) is 5.70 Å². The summed E-state index contributed by atoms with van der Waals surface area (Å²) in [4.78, 5) is 11.9. The summed E-state index contributed by atoms with van der Waals surface area (Å²) in [6.45, 7) is 12.7. The summed E-state index contributed by atoms with van der Waals surface area (Å²) < 4.78 is 4.89. The van der Waals surface area contributed by atoms with Gasteiger partial charge in [0.15, 0.2) is 0 Å². The fourth-order valence-electron chi connectivity index (χ4n) is 1.30. The SMILES string of the molecule is C=C(C)N[C@H](C(=O)NCCOC)C(C)(C)C. The molecule has 0 radical (unpaired) electrons. The molecule has 0 rings (SSSR count). The van der Waals surface area contributed by atoms with Crippen LogP contribution < -0.4 is 10.6 Å². The van der Waals surface area contributed by atoms with E-state index in [1.165, 1.54) is 0 Å². The average Bonchev–Trinajstić information content (AvgIpc) is 2.12. The zero-order valence-corrected chi connectivity index (χ0v) is 11.0. The molecule has 0 aliphatic rings. The molecule has 0 fully saturated rings. The van der Waals surface area contributed by atoms with E-state index >= 15 is 0 Å². The number of hydrogen-bond donors (Lipinski definition) is 2. The number of allylic oxidation sites excluding steroid dienone is 1. The Morgan fingerprint density at radius 1 is 1.44 bits per heavy atom. The van der Waals surface area contributed by atoms with Crippen LogP contribution >= 0.6 is 0 Å². The molecule has 4 heteroatoms. The van der Waals surface area contributed by atoms with Crippen molar-refractivity contribution in [2.45, 2.75) is 33.7 Å². The number of hydrogen-bond acceptors (Lipinski definition) is 3. The van der Waals surface area contributed by atoms with Crippen molar-refractivity contribution < 1.29 is 9.53 Å². The van der Waals surface area contributed by atoms with Crippen LogP contribution in [0.25, 0.3) is 0 Å². The molecule has 0 aliphatic carbocycles. The van der Waals surface area contributed by atoms with Crippen LogP contribution in [0, 0.1) is 5.41 Å². The van der Waals surface area contributed by atoms with Crippen molar-refractivity contribution in [2.24, 2.45) is 5.41 Å². The van der Waals surface area contributed by atoms with Crippen molar-refractivity contribution >= 4 is 5.91 Å². The number of carbonyl (C=O) groups is 1. The minimum Gasteiger partial charge on any atom is -0.383 e. The van der Waals surface area contributed by atoms with Gasteiger partial charge in [0, 0.05) is 19.4 Å². The van der Waals surface area contributed by atoms with Gasteiger partial charge < -0.3 is 15.4 Å². The van der Waals surface area contributed by atoms with Crippen LogP contribution in [0.2, 0.25) is 0 Å². The van der Waals surface area contributed by atoms with Crippen molar-refractivity contribution in [3.8, 4) is 0 Å². The Balaban J connectivity index is 4.39. The van der Waals surface area contributed by atoms with E-state index < -0.39 is 0 Å². The van der Waals surface area contributed by atoms with Gasteiger partial charge >= 0.3 is 0 Å². The topological polar surface area (TPSA) is 50.4 Å². The second-order valence-corrected chi connectivity index (χ2v) is 5.01. The van der Waals surface area contributed by atoms with Crippen molar-refractivity contribution in [2.75, 3.05) is 20.3 Å². The minimum atomic E-state index is -0.276. The molecule has 0 saturated heterocycles. The summed E-state index contributed by atoms with van der Waals surface area (Å²) in [5.74, 6) is -0.0208. The number of methoxy groups -OCH3 is 1. The fourth-order valence-corrected chi connectivity index (χ4v) is 1.30. The molecule has 0 unspecified atom stereocenters. The predicted octanol–water partition coefficient (Wildman–Crippen LogP) is 1.29. The van der Waals surface area contributed by atoms with Crippen LogP contribution in [-0.4, -0.2) is 32.2 Å². The third-order valence-electron chi connectivity index (χ3n) is 2.12. The Morgan fingerprint density at radius 2 is 2.00 bits per heavy atom. The number of carbonyl (C=O) groups excluding carboxylic acids is 1. The summed E-state index contributed by atoms with van der Waals surface area (Å²) in [7, 11) is 1.61. The third kappa shape index (κ3) is 5.75. The van der Waals surface area contributed by atoms with Gasteiger partial charge in [0.2, 0.25) is 5.91 Å². The molecule has 0 heterocycles. The molecule has 0 spiro atoms. The summed E-state index contributed by atoms with van der Waals surface area (Å²) >= 11 is 0. The van der Waals surface area contributed by atoms with Gasteiger partial charge in [0.25, 0.3) is 0 Å². The molecule has 4 nitrogen and oxygen atoms in total. The zero-order chi connectivity index (χ0) is 12.8. The smallest absolute Gasteiger partial charge is 0.243 e. The highest BCUT2D eigenvalue weighted by Gasteiger charge is 2.30. The molecule has 0 aromatic heterocycles. The van der Waals surface area contributed by atoms with E-state index in [1.54, 1.807) is 7.11 Å². The van der Waals surface area contributed by atoms with Gasteiger partial charge in [0.1, 0.15) is 6.04 Å². The van der Waals surface area contributed by atoms with Gasteiger partial charge in [-0.15, -0.1) is 0 Å². The lowest BCUT2D eigenvalue weighted by Gasteiger charge is -2.31. The number of rotatable bonds is 6. The fraction of sp³-hybridized carbons (Fsp3) is 0.750. The van der Waals surface area contributed by atoms with Crippen molar-refractivity contribution in [3.63, 3.8) is 0 Å². The second-order valence-electron chi connectivity index (χ2n) is 5.01. The minimum absolute atomic E-state index is 0.0208. The Labute approximate surface area is 98.4 Å². The lowest BCUT2D eigenvalue weighted by atomic mass is 9.86. The standard InChI is InChI=1S/C12H24N2O2/c1-9(2)14-10(12(3,4)5)11(15)13-7-8-16-6/h10,14H,1,7-8H2,2-6H3,(H,13,15)/t10-/m1/s1. The molecule has 0 bridgehead atoms. The molecule has 0 aliphatic heterocycles. The molecule has 0 saturated carbocycles. The molecule has 94 valence electrons. The number of ether oxygens (including phenoxy) is 1. The predicted molar refractivity (Wildman–Crippen MR) is 66.1 cm³/mol. The summed E-state index contributed by atoms with van der Waals surface area (Å²) in [5, 5.41) is 5.93. The van der Waals surface area contributed by atoms with Crippen LogP contribution in [-0.2, 0) is 9.53 Å². The third-order valence-corrected chi connectivity index (χ3v) is 2.12. The molecule has 2 N–H and O–H groups in total. The van der Waals surface area contributed by atoms with Crippen LogP contribution in [0.4, 0.5) is 0 Å². The molecule has 0 aromatic carbocycles. The van der Waals surface area contributed by atoms with Crippen molar-refractivity contribution in [3.05, 3.63) is 12.3 Å². The normalized spacial score (nSPS) is 13.1. The summed E-state index contributed by atoms with van der Waals surface area (Å²) in [6.07, 6.45) is 0. The largest absolute Gasteiger partial charge is 0.383 e. The lowest BCUT2D eigenvalue weighted by molar-refractivity contribution is -0.125. The average molecular weight is 228 g/mol. The molecule has 0 aromatic rings.